The minimum absolute atomic E-state index is 0.00609. The number of hydrogen-bond donors (Lipinski definition) is 2. The number of ether oxygens (including phenoxy) is 1. The smallest absolute Gasteiger partial charge is 0.192 e. The SMILES string of the molecule is CC(C)(C)[Si](C)(C)OC1C[C@@H](CO)O[C@@H](CO)C1. The zero-order chi connectivity index (χ0) is 14.0. The number of rotatable bonds is 4. The summed E-state index contributed by atoms with van der Waals surface area (Å²) in [5.41, 5.74) is 0. The molecular weight excluding hydrogens is 248 g/mol. The summed E-state index contributed by atoms with van der Waals surface area (Å²) in [7, 11) is -1.80. The van der Waals surface area contributed by atoms with Crippen LogP contribution in [-0.4, -0.2) is 50.1 Å². The molecule has 0 saturated carbocycles. The molecule has 0 spiro atoms. The first kappa shape index (κ1) is 16.1. The molecule has 1 fully saturated rings. The highest BCUT2D eigenvalue weighted by Crippen LogP contribution is 2.39. The van der Waals surface area contributed by atoms with E-state index in [9.17, 15) is 10.2 Å². The fourth-order valence-corrected chi connectivity index (χ4v) is 3.37. The lowest BCUT2D eigenvalue weighted by Crippen LogP contribution is -2.48. The van der Waals surface area contributed by atoms with E-state index >= 15 is 0 Å². The third-order valence-corrected chi connectivity index (χ3v) is 8.65. The molecule has 1 heterocycles. The Hall–Kier alpha value is 0.0569. The quantitative estimate of drug-likeness (QED) is 0.770. The predicted molar refractivity (Wildman–Crippen MR) is 74.1 cm³/mol. The highest BCUT2D eigenvalue weighted by Gasteiger charge is 2.41. The van der Waals surface area contributed by atoms with E-state index < -0.39 is 8.32 Å². The van der Waals surface area contributed by atoms with Gasteiger partial charge < -0.3 is 19.4 Å². The van der Waals surface area contributed by atoms with Gasteiger partial charge >= 0.3 is 0 Å². The highest BCUT2D eigenvalue weighted by molar-refractivity contribution is 6.74. The van der Waals surface area contributed by atoms with Crippen molar-refractivity contribution in [2.45, 2.75) is 70.1 Å². The Labute approximate surface area is 111 Å². The molecule has 0 aromatic rings. The van der Waals surface area contributed by atoms with Gasteiger partial charge in [-0.05, 0) is 18.1 Å². The van der Waals surface area contributed by atoms with Crippen LogP contribution in [0.5, 0.6) is 0 Å². The van der Waals surface area contributed by atoms with Crippen molar-refractivity contribution in [1.82, 2.24) is 0 Å². The van der Waals surface area contributed by atoms with Crippen molar-refractivity contribution in [3.63, 3.8) is 0 Å². The molecule has 0 radical (unpaired) electrons. The van der Waals surface area contributed by atoms with Crippen LogP contribution in [0.4, 0.5) is 0 Å². The Balaban J connectivity index is 2.65. The van der Waals surface area contributed by atoms with Gasteiger partial charge in [0.2, 0.25) is 0 Å². The summed E-state index contributed by atoms with van der Waals surface area (Å²) in [5.74, 6) is 0. The molecular formula is C13H28O4Si. The zero-order valence-corrected chi connectivity index (χ0v) is 13.3. The largest absolute Gasteiger partial charge is 0.414 e. The maximum atomic E-state index is 9.23. The number of aliphatic hydroxyl groups excluding tert-OH is 2. The molecule has 3 atom stereocenters. The second-order valence-corrected chi connectivity index (χ2v) is 11.5. The van der Waals surface area contributed by atoms with Gasteiger partial charge in [0.15, 0.2) is 8.32 Å². The first-order valence-electron chi connectivity index (χ1n) is 6.74. The number of aliphatic hydroxyl groups is 2. The van der Waals surface area contributed by atoms with Crippen LogP contribution in [0.1, 0.15) is 33.6 Å². The minimum atomic E-state index is -1.80. The van der Waals surface area contributed by atoms with Crippen LogP contribution in [0.3, 0.4) is 0 Å². The molecule has 0 aromatic carbocycles. The van der Waals surface area contributed by atoms with Crippen LogP contribution < -0.4 is 0 Å². The van der Waals surface area contributed by atoms with E-state index in [1.165, 1.54) is 0 Å². The number of hydrogen-bond acceptors (Lipinski definition) is 4. The summed E-state index contributed by atoms with van der Waals surface area (Å²) in [5, 5.41) is 18.6. The summed E-state index contributed by atoms with van der Waals surface area (Å²) in [6, 6.07) is 0. The molecule has 18 heavy (non-hydrogen) atoms. The van der Waals surface area contributed by atoms with Gasteiger partial charge in [0.25, 0.3) is 0 Å². The summed E-state index contributed by atoms with van der Waals surface area (Å²) < 4.78 is 11.9. The molecule has 1 rings (SSSR count). The van der Waals surface area contributed by atoms with Crippen molar-refractivity contribution < 1.29 is 19.4 Å². The first-order chi connectivity index (χ1) is 8.19. The molecule has 108 valence electrons. The van der Waals surface area contributed by atoms with Crippen molar-refractivity contribution in [2.24, 2.45) is 0 Å². The summed E-state index contributed by atoms with van der Waals surface area (Å²) >= 11 is 0. The predicted octanol–water partition coefficient (Wildman–Crippen LogP) is 1.91. The van der Waals surface area contributed by atoms with Gasteiger partial charge in [0.1, 0.15) is 0 Å². The van der Waals surface area contributed by atoms with Gasteiger partial charge in [-0.1, -0.05) is 20.8 Å². The van der Waals surface area contributed by atoms with E-state index in [4.69, 9.17) is 9.16 Å². The van der Waals surface area contributed by atoms with Crippen LogP contribution in [0.25, 0.3) is 0 Å². The third kappa shape index (κ3) is 4.03. The van der Waals surface area contributed by atoms with E-state index in [-0.39, 0.29) is 36.6 Å². The monoisotopic (exact) mass is 276 g/mol. The van der Waals surface area contributed by atoms with Crippen molar-refractivity contribution >= 4 is 8.32 Å². The van der Waals surface area contributed by atoms with Crippen LogP contribution in [-0.2, 0) is 9.16 Å². The normalized spacial score (nSPS) is 30.5. The van der Waals surface area contributed by atoms with Crippen LogP contribution in [0.15, 0.2) is 0 Å². The van der Waals surface area contributed by atoms with Crippen LogP contribution in [0, 0.1) is 0 Å². The minimum Gasteiger partial charge on any atom is -0.414 e. The second kappa shape index (κ2) is 6.01. The molecule has 0 amide bonds. The zero-order valence-electron chi connectivity index (χ0n) is 12.3. The Bertz CT molecular complexity index is 250. The van der Waals surface area contributed by atoms with Gasteiger partial charge in [-0.2, -0.15) is 0 Å². The molecule has 1 aliphatic rings. The van der Waals surface area contributed by atoms with E-state index in [2.05, 4.69) is 33.9 Å². The third-order valence-electron chi connectivity index (χ3n) is 4.11. The van der Waals surface area contributed by atoms with Crippen molar-refractivity contribution in [3.05, 3.63) is 0 Å². The van der Waals surface area contributed by atoms with E-state index in [1.54, 1.807) is 0 Å². The van der Waals surface area contributed by atoms with Crippen LogP contribution in [0.2, 0.25) is 18.1 Å². The van der Waals surface area contributed by atoms with Gasteiger partial charge in [-0.15, -0.1) is 0 Å². The lowest BCUT2D eigenvalue weighted by Gasteiger charge is -2.42. The molecule has 1 unspecified atom stereocenters. The lowest BCUT2D eigenvalue weighted by atomic mass is 10.0. The van der Waals surface area contributed by atoms with Gasteiger partial charge in [-0.25, -0.2) is 0 Å². The van der Waals surface area contributed by atoms with E-state index in [0.717, 1.165) is 12.8 Å². The maximum Gasteiger partial charge on any atom is 0.192 e. The fraction of sp³-hybridized carbons (Fsp3) is 1.00. The second-order valence-electron chi connectivity index (χ2n) is 6.72. The molecule has 1 saturated heterocycles. The molecule has 0 aromatic heterocycles. The first-order valence-corrected chi connectivity index (χ1v) is 9.65. The lowest BCUT2D eigenvalue weighted by molar-refractivity contribution is -0.122. The Kier molecular flexibility index (Phi) is 5.38. The molecule has 0 aliphatic carbocycles. The summed E-state index contributed by atoms with van der Waals surface area (Å²) in [6.07, 6.45) is 1.13. The van der Waals surface area contributed by atoms with E-state index in [1.807, 2.05) is 0 Å². The van der Waals surface area contributed by atoms with Gasteiger partial charge in [-0.3, -0.25) is 0 Å². The highest BCUT2D eigenvalue weighted by atomic mass is 28.4. The standard InChI is InChI=1S/C13H28O4Si/c1-13(2,3)18(4,5)17-10-6-11(8-14)16-12(7-10)9-15/h10-12,14-15H,6-9H2,1-5H3/t10?,11-,12+. The molecule has 2 N–H and O–H groups in total. The molecule has 4 nitrogen and oxygen atoms in total. The van der Waals surface area contributed by atoms with E-state index in [0.29, 0.717) is 0 Å². The maximum absolute atomic E-state index is 9.23. The van der Waals surface area contributed by atoms with Gasteiger partial charge in [0, 0.05) is 12.8 Å². The molecule has 1 aliphatic heterocycles. The van der Waals surface area contributed by atoms with Crippen molar-refractivity contribution in [3.8, 4) is 0 Å². The van der Waals surface area contributed by atoms with Crippen molar-refractivity contribution in [2.75, 3.05) is 13.2 Å². The van der Waals surface area contributed by atoms with Gasteiger partial charge in [0.05, 0.1) is 31.5 Å². The molecule has 0 bridgehead atoms. The molecule has 5 heteroatoms. The summed E-state index contributed by atoms with van der Waals surface area (Å²) in [6.45, 7) is 11.1. The topological polar surface area (TPSA) is 58.9 Å². The Morgan fingerprint density at radius 1 is 1.11 bits per heavy atom. The summed E-state index contributed by atoms with van der Waals surface area (Å²) in [4.78, 5) is 0. The average Bonchev–Trinajstić information content (AvgIpc) is 2.26. The van der Waals surface area contributed by atoms with Crippen LogP contribution >= 0.6 is 0 Å². The fourth-order valence-electron chi connectivity index (χ4n) is 1.99. The average molecular weight is 276 g/mol. The Morgan fingerprint density at radius 2 is 1.56 bits per heavy atom. The Morgan fingerprint density at radius 3 is 1.89 bits per heavy atom. The van der Waals surface area contributed by atoms with Crippen molar-refractivity contribution in [1.29, 1.82) is 0 Å².